The molecule has 0 aliphatic rings. The molecule has 0 spiro atoms. The van der Waals surface area contributed by atoms with Crippen LogP contribution >= 0.6 is 24.0 Å². The van der Waals surface area contributed by atoms with Crippen LogP contribution in [0.5, 0.6) is 5.75 Å². The molecule has 0 aliphatic carbocycles. The molecule has 0 unspecified atom stereocenters. The first-order valence-electron chi connectivity index (χ1n) is 5.84. The molecule has 4 heteroatoms. The van der Waals surface area contributed by atoms with E-state index in [1.54, 1.807) is 11.8 Å². The van der Waals surface area contributed by atoms with Gasteiger partial charge in [0.15, 0.2) is 0 Å². The molecule has 0 aromatic heterocycles. The van der Waals surface area contributed by atoms with E-state index in [0.717, 1.165) is 16.9 Å². The average molecular weight is 289 g/mol. The second kappa shape index (κ2) is 6.59. The number of thioether (sulfide) groups is 1. The number of nitrogens with two attached hydrogens (primary N) is 1. The summed E-state index contributed by atoms with van der Waals surface area (Å²) < 4.78 is 5.72. The smallest absolute Gasteiger partial charge is 0.119 e. The topological polar surface area (TPSA) is 35.2 Å². The van der Waals surface area contributed by atoms with Crippen molar-refractivity contribution in [1.82, 2.24) is 0 Å². The van der Waals surface area contributed by atoms with Crippen LogP contribution in [0.2, 0.25) is 0 Å². The van der Waals surface area contributed by atoms with Gasteiger partial charge < -0.3 is 10.5 Å². The summed E-state index contributed by atoms with van der Waals surface area (Å²) in [4.78, 5) is 1.65. The Hall–Kier alpha value is -1.52. The second-order valence-corrected chi connectivity index (χ2v) is 5.34. The lowest BCUT2D eigenvalue weighted by Gasteiger charge is -2.07. The Bertz CT molecular complexity index is 549. The molecule has 0 radical (unpaired) electrons. The Morgan fingerprint density at radius 2 is 1.74 bits per heavy atom. The van der Waals surface area contributed by atoms with Crippen molar-refractivity contribution in [1.29, 1.82) is 0 Å². The van der Waals surface area contributed by atoms with Crippen LogP contribution in [-0.2, 0) is 6.61 Å². The molecule has 0 saturated heterocycles. The minimum atomic E-state index is 0.417. The highest BCUT2D eigenvalue weighted by molar-refractivity contribution is 7.98. The van der Waals surface area contributed by atoms with Crippen LogP contribution in [0.15, 0.2) is 53.4 Å². The van der Waals surface area contributed by atoms with Gasteiger partial charge in [0.2, 0.25) is 0 Å². The lowest BCUT2D eigenvalue weighted by atomic mass is 10.1. The summed E-state index contributed by atoms with van der Waals surface area (Å²) in [5.74, 6) is 0.872. The van der Waals surface area contributed by atoms with Gasteiger partial charge in [-0.25, -0.2) is 0 Å². The van der Waals surface area contributed by atoms with Crippen LogP contribution in [0.4, 0.5) is 0 Å². The molecule has 0 bridgehead atoms. The minimum Gasteiger partial charge on any atom is -0.489 e. The van der Waals surface area contributed by atoms with Gasteiger partial charge in [0, 0.05) is 10.5 Å². The van der Waals surface area contributed by atoms with Crippen molar-refractivity contribution in [3.63, 3.8) is 0 Å². The number of hydrogen-bond acceptors (Lipinski definition) is 3. The summed E-state index contributed by atoms with van der Waals surface area (Å²) in [5, 5.41) is 0. The zero-order valence-electron chi connectivity index (χ0n) is 10.6. The van der Waals surface area contributed by atoms with E-state index in [0.29, 0.717) is 11.6 Å². The Balaban J connectivity index is 1.95. The number of hydrogen-bond donors (Lipinski definition) is 1. The van der Waals surface area contributed by atoms with Crippen molar-refractivity contribution in [2.75, 3.05) is 6.26 Å². The van der Waals surface area contributed by atoms with Crippen LogP contribution in [0, 0.1) is 0 Å². The number of rotatable bonds is 5. The van der Waals surface area contributed by atoms with Crippen molar-refractivity contribution < 1.29 is 4.74 Å². The molecule has 0 aliphatic heterocycles. The van der Waals surface area contributed by atoms with E-state index >= 15 is 0 Å². The van der Waals surface area contributed by atoms with Crippen molar-refractivity contribution in [2.24, 2.45) is 5.73 Å². The van der Waals surface area contributed by atoms with Crippen molar-refractivity contribution in [3.05, 3.63) is 59.7 Å². The van der Waals surface area contributed by atoms with E-state index in [1.165, 1.54) is 4.90 Å². The highest BCUT2D eigenvalue weighted by atomic mass is 32.2. The first kappa shape index (κ1) is 13.9. The molecule has 2 N–H and O–H groups in total. The molecule has 0 saturated carbocycles. The molecule has 2 nitrogen and oxygen atoms in total. The van der Waals surface area contributed by atoms with E-state index < -0.39 is 0 Å². The Morgan fingerprint density at radius 3 is 2.26 bits per heavy atom. The summed E-state index contributed by atoms with van der Waals surface area (Å²) in [5.41, 5.74) is 7.52. The van der Waals surface area contributed by atoms with Gasteiger partial charge >= 0.3 is 0 Å². The lowest BCUT2D eigenvalue weighted by molar-refractivity contribution is 0.306. The predicted molar refractivity (Wildman–Crippen MR) is 84.9 cm³/mol. The molecule has 2 rings (SSSR count). The quantitative estimate of drug-likeness (QED) is 0.673. The Labute approximate surface area is 123 Å². The van der Waals surface area contributed by atoms with Gasteiger partial charge in [0.05, 0.1) is 0 Å². The van der Waals surface area contributed by atoms with E-state index in [2.05, 4.69) is 18.4 Å². The van der Waals surface area contributed by atoms with E-state index in [9.17, 15) is 0 Å². The van der Waals surface area contributed by atoms with Gasteiger partial charge in [-0.3, -0.25) is 0 Å². The average Bonchev–Trinajstić information content (AvgIpc) is 2.46. The van der Waals surface area contributed by atoms with Crippen LogP contribution in [0.25, 0.3) is 0 Å². The van der Waals surface area contributed by atoms with Crippen molar-refractivity contribution in [3.8, 4) is 5.75 Å². The number of ether oxygens (including phenoxy) is 1. The van der Waals surface area contributed by atoms with Crippen LogP contribution in [0.1, 0.15) is 11.1 Å². The fourth-order valence-electron chi connectivity index (χ4n) is 1.60. The zero-order chi connectivity index (χ0) is 13.7. The zero-order valence-corrected chi connectivity index (χ0v) is 12.3. The van der Waals surface area contributed by atoms with Gasteiger partial charge in [-0.05, 0) is 36.1 Å². The first-order chi connectivity index (χ1) is 9.19. The molecule has 19 heavy (non-hydrogen) atoms. The molecule has 2 aromatic rings. The third-order valence-corrected chi connectivity index (χ3v) is 3.68. The van der Waals surface area contributed by atoms with Crippen molar-refractivity contribution in [2.45, 2.75) is 11.5 Å². The fraction of sp³-hybridized carbons (Fsp3) is 0.133. The normalized spacial score (nSPS) is 10.2. The van der Waals surface area contributed by atoms with Gasteiger partial charge in [-0.15, -0.1) is 11.8 Å². The molecule has 0 atom stereocenters. The maximum Gasteiger partial charge on any atom is 0.119 e. The molecule has 0 fully saturated rings. The summed E-state index contributed by atoms with van der Waals surface area (Å²) in [6, 6.07) is 15.8. The maximum atomic E-state index is 5.72. The highest BCUT2D eigenvalue weighted by Crippen LogP contribution is 2.19. The third kappa shape index (κ3) is 3.98. The van der Waals surface area contributed by atoms with E-state index in [1.807, 2.05) is 36.4 Å². The van der Waals surface area contributed by atoms with Gasteiger partial charge in [0.25, 0.3) is 0 Å². The molecule has 98 valence electrons. The maximum absolute atomic E-state index is 5.72. The van der Waals surface area contributed by atoms with Gasteiger partial charge in [-0.1, -0.05) is 36.5 Å². The van der Waals surface area contributed by atoms with Gasteiger partial charge in [0.1, 0.15) is 17.3 Å². The number of thiocarbonyl (C=S) groups is 1. The summed E-state index contributed by atoms with van der Waals surface area (Å²) in [7, 11) is 0. The molecule has 0 heterocycles. The minimum absolute atomic E-state index is 0.417. The summed E-state index contributed by atoms with van der Waals surface area (Å²) in [6.45, 7) is 0.538. The van der Waals surface area contributed by atoms with E-state index in [-0.39, 0.29) is 0 Å². The molecule has 0 amide bonds. The third-order valence-electron chi connectivity index (χ3n) is 2.70. The number of benzene rings is 2. The van der Waals surface area contributed by atoms with E-state index in [4.69, 9.17) is 22.7 Å². The monoisotopic (exact) mass is 289 g/mol. The lowest BCUT2D eigenvalue weighted by Crippen LogP contribution is -2.09. The van der Waals surface area contributed by atoms with Crippen LogP contribution < -0.4 is 10.5 Å². The largest absolute Gasteiger partial charge is 0.489 e. The molecular formula is C15H15NOS2. The van der Waals surface area contributed by atoms with Crippen LogP contribution in [0.3, 0.4) is 0 Å². The van der Waals surface area contributed by atoms with Crippen LogP contribution in [-0.4, -0.2) is 11.2 Å². The summed E-state index contributed by atoms with van der Waals surface area (Å²) >= 11 is 6.63. The van der Waals surface area contributed by atoms with Gasteiger partial charge in [-0.2, -0.15) is 0 Å². The standard InChI is InChI=1S/C15H15NOS2/c1-19-14-8-6-13(7-9-14)17-10-11-2-4-12(5-3-11)15(16)18/h2-9H,10H2,1H3,(H2,16,18). The first-order valence-corrected chi connectivity index (χ1v) is 7.48. The molecule has 2 aromatic carbocycles. The SMILES string of the molecule is CSc1ccc(OCc2ccc(C(N)=S)cc2)cc1. The Morgan fingerprint density at radius 1 is 1.11 bits per heavy atom. The highest BCUT2D eigenvalue weighted by Gasteiger charge is 1.99. The molecular weight excluding hydrogens is 274 g/mol. The van der Waals surface area contributed by atoms with Crippen molar-refractivity contribution >= 4 is 29.0 Å². The fourth-order valence-corrected chi connectivity index (χ4v) is 2.15. The second-order valence-electron chi connectivity index (χ2n) is 4.03. The predicted octanol–water partition coefficient (Wildman–Crippen LogP) is 3.62. The Kier molecular flexibility index (Phi) is 4.82. The summed E-state index contributed by atoms with van der Waals surface area (Å²) in [6.07, 6.45) is 2.05.